The number of hydrogen-bond donors (Lipinski definition) is 0. The smallest absolute Gasteiger partial charge is 0.310 e. The molecule has 1 fully saturated rings. The Bertz CT molecular complexity index is 554. The first-order valence-electron chi connectivity index (χ1n) is 8.07. The van der Waals surface area contributed by atoms with Crippen molar-refractivity contribution in [3.8, 4) is 11.5 Å². The zero-order valence-corrected chi connectivity index (χ0v) is 13.8. The van der Waals surface area contributed by atoms with E-state index in [-0.39, 0.29) is 18.5 Å². The maximum Gasteiger partial charge on any atom is 0.310 e. The van der Waals surface area contributed by atoms with Gasteiger partial charge in [-0.1, -0.05) is 11.6 Å². The van der Waals surface area contributed by atoms with Crippen molar-refractivity contribution in [1.29, 1.82) is 0 Å². The number of esters is 1. The molecule has 1 unspecified atom stereocenters. The Hall–Kier alpha value is -1.46. The van der Waals surface area contributed by atoms with E-state index in [9.17, 15) is 4.79 Å². The summed E-state index contributed by atoms with van der Waals surface area (Å²) in [6.45, 7) is 2.23. The number of ether oxygens (including phenoxy) is 4. The highest BCUT2D eigenvalue weighted by Crippen LogP contribution is 2.38. The van der Waals surface area contributed by atoms with Crippen molar-refractivity contribution in [1.82, 2.24) is 0 Å². The first-order chi connectivity index (χ1) is 11.2. The molecule has 0 radical (unpaired) electrons. The topological polar surface area (TPSA) is 54.0 Å². The van der Waals surface area contributed by atoms with Crippen molar-refractivity contribution in [3.63, 3.8) is 0 Å². The van der Waals surface area contributed by atoms with Crippen LogP contribution in [0.2, 0.25) is 5.02 Å². The molecule has 1 atom stereocenters. The van der Waals surface area contributed by atoms with Crippen molar-refractivity contribution >= 4 is 17.6 Å². The molecule has 1 aromatic rings. The Kier molecular flexibility index (Phi) is 5.62. The molecule has 23 heavy (non-hydrogen) atoms. The summed E-state index contributed by atoms with van der Waals surface area (Å²) in [6.07, 6.45) is 4.15. The summed E-state index contributed by atoms with van der Waals surface area (Å²) < 4.78 is 22.1. The molecule has 2 aliphatic rings. The van der Waals surface area contributed by atoms with Gasteiger partial charge >= 0.3 is 5.97 Å². The van der Waals surface area contributed by atoms with Gasteiger partial charge in [0.1, 0.15) is 6.61 Å². The van der Waals surface area contributed by atoms with Crippen LogP contribution in [0.25, 0.3) is 0 Å². The van der Waals surface area contributed by atoms with Gasteiger partial charge in [-0.3, -0.25) is 4.79 Å². The van der Waals surface area contributed by atoms with Crippen LogP contribution in [0.15, 0.2) is 12.1 Å². The number of carbonyl (C=O) groups excluding carboxylic acids is 1. The summed E-state index contributed by atoms with van der Waals surface area (Å²) in [5.41, 5.74) is 0.758. The molecule has 6 heteroatoms. The van der Waals surface area contributed by atoms with E-state index >= 15 is 0 Å². The van der Waals surface area contributed by atoms with Crippen LogP contribution < -0.4 is 9.47 Å². The SMILES string of the molecule is O=C(Cc1cc(Cl)c2c(c1)OCCCO2)OCC1CCCCO1. The van der Waals surface area contributed by atoms with Crippen LogP contribution >= 0.6 is 11.6 Å². The van der Waals surface area contributed by atoms with E-state index in [0.717, 1.165) is 37.9 Å². The van der Waals surface area contributed by atoms with Crippen LogP contribution in [0.3, 0.4) is 0 Å². The van der Waals surface area contributed by atoms with E-state index < -0.39 is 0 Å². The third-order valence-electron chi connectivity index (χ3n) is 3.91. The van der Waals surface area contributed by atoms with Crippen molar-refractivity contribution in [2.75, 3.05) is 26.4 Å². The van der Waals surface area contributed by atoms with E-state index in [4.69, 9.17) is 30.5 Å². The molecule has 0 saturated carbocycles. The highest BCUT2D eigenvalue weighted by molar-refractivity contribution is 6.32. The van der Waals surface area contributed by atoms with Gasteiger partial charge in [-0.05, 0) is 37.0 Å². The average molecular weight is 341 g/mol. The predicted molar refractivity (Wildman–Crippen MR) is 85.3 cm³/mol. The number of rotatable bonds is 4. The number of hydrogen-bond acceptors (Lipinski definition) is 5. The molecular weight excluding hydrogens is 320 g/mol. The van der Waals surface area contributed by atoms with Crippen LogP contribution in [0.1, 0.15) is 31.2 Å². The van der Waals surface area contributed by atoms with Crippen molar-refractivity contribution in [3.05, 3.63) is 22.7 Å². The minimum absolute atomic E-state index is 0.0278. The number of halogens is 1. The second-order valence-electron chi connectivity index (χ2n) is 5.80. The van der Waals surface area contributed by atoms with Crippen molar-refractivity contribution in [2.45, 2.75) is 38.2 Å². The van der Waals surface area contributed by atoms with Gasteiger partial charge < -0.3 is 18.9 Å². The lowest BCUT2D eigenvalue weighted by Crippen LogP contribution is -2.26. The molecular formula is C17H21ClO5. The monoisotopic (exact) mass is 340 g/mol. The maximum absolute atomic E-state index is 12.0. The molecule has 126 valence electrons. The van der Waals surface area contributed by atoms with Gasteiger partial charge in [0, 0.05) is 13.0 Å². The van der Waals surface area contributed by atoms with Crippen LogP contribution in [0.5, 0.6) is 11.5 Å². The number of fused-ring (bicyclic) bond motifs is 1. The van der Waals surface area contributed by atoms with E-state index in [0.29, 0.717) is 36.3 Å². The first-order valence-corrected chi connectivity index (χ1v) is 8.45. The highest BCUT2D eigenvalue weighted by Gasteiger charge is 2.19. The first kappa shape index (κ1) is 16.4. The molecule has 1 aromatic carbocycles. The Balaban J connectivity index is 1.57. The van der Waals surface area contributed by atoms with Gasteiger partial charge in [-0.25, -0.2) is 0 Å². The maximum atomic E-state index is 12.0. The van der Waals surface area contributed by atoms with Gasteiger partial charge in [0.25, 0.3) is 0 Å². The second-order valence-corrected chi connectivity index (χ2v) is 6.21. The number of carbonyl (C=O) groups is 1. The molecule has 1 saturated heterocycles. The summed E-state index contributed by atoms with van der Waals surface area (Å²) in [6, 6.07) is 3.53. The molecule has 0 spiro atoms. The van der Waals surface area contributed by atoms with Crippen LogP contribution in [0, 0.1) is 0 Å². The molecule has 3 rings (SSSR count). The summed E-state index contributed by atoms with van der Waals surface area (Å²) in [4.78, 5) is 12.0. The van der Waals surface area contributed by atoms with E-state index in [1.54, 1.807) is 12.1 Å². The van der Waals surface area contributed by atoms with Gasteiger partial charge in [0.2, 0.25) is 0 Å². The fourth-order valence-electron chi connectivity index (χ4n) is 2.73. The summed E-state index contributed by atoms with van der Waals surface area (Å²) in [5, 5.41) is 0.461. The largest absolute Gasteiger partial charge is 0.489 e. The molecule has 0 N–H and O–H groups in total. The Morgan fingerprint density at radius 2 is 2.04 bits per heavy atom. The molecule has 2 aliphatic heterocycles. The highest BCUT2D eigenvalue weighted by atomic mass is 35.5. The predicted octanol–water partition coefficient (Wildman–Crippen LogP) is 3.16. The Morgan fingerprint density at radius 1 is 1.17 bits per heavy atom. The van der Waals surface area contributed by atoms with Crippen LogP contribution in [-0.4, -0.2) is 38.5 Å². The van der Waals surface area contributed by atoms with Gasteiger partial charge in [-0.15, -0.1) is 0 Å². The lowest BCUT2D eigenvalue weighted by molar-refractivity contribution is -0.148. The van der Waals surface area contributed by atoms with Gasteiger partial charge in [0.05, 0.1) is 30.8 Å². The second kappa shape index (κ2) is 7.88. The van der Waals surface area contributed by atoms with Gasteiger partial charge in [-0.2, -0.15) is 0 Å². The Labute approximate surface area is 140 Å². The zero-order valence-electron chi connectivity index (χ0n) is 13.0. The lowest BCUT2D eigenvalue weighted by atomic mass is 10.1. The molecule has 5 nitrogen and oxygen atoms in total. The van der Waals surface area contributed by atoms with Crippen LogP contribution in [0.4, 0.5) is 0 Å². The Morgan fingerprint density at radius 3 is 2.87 bits per heavy atom. The molecule has 0 amide bonds. The minimum atomic E-state index is -0.287. The van der Waals surface area contributed by atoms with E-state index in [1.807, 2.05) is 0 Å². The third kappa shape index (κ3) is 4.52. The van der Waals surface area contributed by atoms with Crippen LogP contribution in [-0.2, 0) is 20.7 Å². The molecule has 0 bridgehead atoms. The standard InChI is InChI=1S/C17H21ClO5/c18-14-8-12(9-15-17(14)22-7-3-6-21-15)10-16(19)23-11-13-4-1-2-5-20-13/h8-9,13H,1-7,10-11H2. The molecule has 0 aromatic heterocycles. The quantitative estimate of drug-likeness (QED) is 0.788. The molecule has 0 aliphatic carbocycles. The normalized spacial score (nSPS) is 20.7. The average Bonchev–Trinajstić information content (AvgIpc) is 2.80. The summed E-state index contributed by atoms with van der Waals surface area (Å²) >= 11 is 6.23. The molecule has 2 heterocycles. The summed E-state index contributed by atoms with van der Waals surface area (Å²) in [7, 11) is 0. The lowest BCUT2D eigenvalue weighted by Gasteiger charge is -2.22. The minimum Gasteiger partial charge on any atom is -0.489 e. The fourth-order valence-corrected chi connectivity index (χ4v) is 3.02. The van der Waals surface area contributed by atoms with E-state index in [1.165, 1.54) is 0 Å². The van der Waals surface area contributed by atoms with Gasteiger partial charge in [0.15, 0.2) is 11.5 Å². The number of benzene rings is 1. The fraction of sp³-hybridized carbons (Fsp3) is 0.588. The van der Waals surface area contributed by atoms with Crippen molar-refractivity contribution in [2.24, 2.45) is 0 Å². The zero-order chi connectivity index (χ0) is 16.1. The summed E-state index contributed by atoms with van der Waals surface area (Å²) in [5.74, 6) is 0.857. The van der Waals surface area contributed by atoms with E-state index in [2.05, 4.69) is 0 Å². The third-order valence-corrected chi connectivity index (χ3v) is 4.20. The van der Waals surface area contributed by atoms with Crippen molar-refractivity contribution < 1.29 is 23.7 Å².